The number of aromatic nitrogens is 2. The third-order valence-electron chi connectivity index (χ3n) is 4.65. The SMILES string of the molecule is Cl.N#Cc1ccc(-n2cc(C(=O)Nc3ccc(C4CNCCO4)cc3)cn2)cc1F. The number of nitrogens with zero attached hydrogens (tertiary/aromatic N) is 3. The number of morpholine rings is 1. The zero-order valence-corrected chi connectivity index (χ0v) is 16.7. The molecule has 1 aromatic heterocycles. The second kappa shape index (κ2) is 9.50. The second-order valence-corrected chi connectivity index (χ2v) is 6.59. The number of ether oxygens (including phenoxy) is 1. The van der Waals surface area contributed by atoms with Gasteiger partial charge in [-0.3, -0.25) is 4.79 Å². The van der Waals surface area contributed by atoms with Crippen molar-refractivity contribution in [2.24, 2.45) is 0 Å². The van der Waals surface area contributed by atoms with Gasteiger partial charge in [0.25, 0.3) is 5.91 Å². The van der Waals surface area contributed by atoms with E-state index in [9.17, 15) is 9.18 Å². The van der Waals surface area contributed by atoms with E-state index in [0.717, 1.165) is 18.7 Å². The van der Waals surface area contributed by atoms with E-state index >= 15 is 0 Å². The Bertz CT molecular complexity index is 1070. The zero-order valence-electron chi connectivity index (χ0n) is 15.8. The summed E-state index contributed by atoms with van der Waals surface area (Å²) in [5.74, 6) is -0.961. The minimum absolute atomic E-state index is 0. The van der Waals surface area contributed by atoms with Crippen LogP contribution in [0.4, 0.5) is 10.1 Å². The molecule has 3 aromatic rings. The molecule has 30 heavy (non-hydrogen) atoms. The van der Waals surface area contributed by atoms with Gasteiger partial charge in [0.05, 0.1) is 35.7 Å². The third-order valence-corrected chi connectivity index (χ3v) is 4.65. The molecule has 0 bridgehead atoms. The predicted octanol–water partition coefficient (Wildman–Crippen LogP) is 3.22. The first-order chi connectivity index (χ1) is 14.1. The van der Waals surface area contributed by atoms with Gasteiger partial charge < -0.3 is 15.4 Å². The Morgan fingerprint density at radius 2 is 2.10 bits per heavy atom. The topological polar surface area (TPSA) is 92.0 Å². The monoisotopic (exact) mass is 427 g/mol. The van der Waals surface area contributed by atoms with Gasteiger partial charge in [0.2, 0.25) is 0 Å². The Hall–Kier alpha value is -3.25. The van der Waals surface area contributed by atoms with Crippen molar-refractivity contribution in [1.82, 2.24) is 15.1 Å². The third kappa shape index (κ3) is 4.66. The van der Waals surface area contributed by atoms with Crippen molar-refractivity contribution >= 4 is 24.0 Å². The predicted molar refractivity (Wildman–Crippen MR) is 111 cm³/mol. The number of carbonyl (C=O) groups is 1. The summed E-state index contributed by atoms with van der Waals surface area (Å²) in [4.78, 5) is 12.5. The van der Waals surface area contributed by atoms with Crippen LogP contribution in [0.25, 0.3) is 5.69 Å². The highest BCUT2D eigenvalue weighted by molar-refractivity contribution is 6.04. The molecule has 1 amide bonds. The Labute approximate surface area is 178 Å². The molecule has 0 aliphatic carbocycles. The quantitative estimate of drug-likeness (QED) is 0.667. The first kappa shape index (κ1) is 21.5. The van der Waals surface area contributed by atoms with Crippen LogP contribution >= 0.6 is 12.4 Å². The minimum atomic E-state index is -0.635. The molecule has 9 heteroatoms. The molecule has 2 heterocycles. The van der Waals surface area contributed by atoms with Crippen LogP contribution in [0.1, 0.15) is 27.6 Å². The summed E-state index contributed by atoms with van der Waals surface area (Å²) in [5, 5.41) is 19.0. The van der Waals surface area contributed by atoms with Gasteiger partial charge in [0, 0.05) is 31.0 Å². The Morgan fingerprint density at radius 3 is 2.77 bits per heavy atom. The smallest absolute Gasteiger partial charge is 0.258 e. The maximum atomic E-state index is 13.8. The van der Waals surface area contributed by atoms with Crippen LogP contribution in [-0.4, -0.2) is 35.4 Å². The number of anilines is 1. The highest BCUT2D eigenvalue weighted by Crippen LogP contribution is 2.21. The Balaban J connectivity index is 0.00000256. The number of hydrogen-bond donors (Lipinski definition) is 2. The minimum Gasteiger partial charge on any atom is -0.371 e. The van der Waals surface area contributed by atoms with E-state index < -0.39 is 5.82 Å². The normalized spacial score (nSPS) is 15.7. The van der Waals surface area contributed by atoms with Gasteiger partial charge in [0.15, 0.2) is 0 Å². The number of hydrogen-bond acceptors (Lipinski definition) is 5. The largest absolute Gasteiger partial charge is 0.371 e. The molecule has 1 aliphatic heterocycles. The summed E-state index contributed by atoms with van der Waals surface area (Å²) in [6.07, 6.45) is 2.92. The molecule has 2 N–H and O–H groups in total. The van der Waals surface area contributed by atoms with E-state index in [1.54, 1.807) is 12.1 Å². The molecule has 1 saturated heterocycles. The first-order valence-electron chi connectivity index (χ1n) is 9.12. The average molecular weight is 428 g/mol. The summed E-state index contributed by atoms with van der Waals surface area (Å²) in [7, 11) is 0. The molecule has 1 unspecified atom stereocenters. The summed E-state index contributed by atoms with van der Waals surface area (Å²) in [6.45, 7) is 2.30. The molecule has 2 aromatic carbocycles. The molecule has 0 spiro atoms. The van der Waals surface area contributed by atoms with Crippen LogP contribution in [0.15, 0.2) is 54.9 Å². The van der Waals surface area contributed by atoms with Gasteiger partial charge in [-0.05, 0) is 29.8 Å². The zero-order chi connectivity index (χ0) is 20.2. The maximum Gasteiger partial charge on any atom is 0.258 e. The standard InChI is InChI=1S/C21H18FN5O2.ClH/c22-19-9-18(6-3-15(19)10-23)27-13-16(11-25-27)21(28)26-17-4-1-14(2-5-17)20-12-24-7-8-29-20;/h1-6,9,11,13,20,24H,7-8,12H2,(H,26,28);1H. The lowest BCUT2D eigenvalue weighted by atomic mass is 10.1. The van der Waals surface area contributed by atoms with Crippen molar-refractivity contribution < 1.29 is 13.9 Å². The lowest BCUT2D eigenvalue weighted by Crippen LogP contribution is -2.33. The summed E-state index contributed by atoms with van der Waals surface area (Å²) >= 11 is 0. The molecule has 4 rings (SSSR count). The number of rotatable bonds is 4. The van der Waals surface area contributed by atoms with Crippen LogP contribution in [0.3, 0.4) is 0 Å². The van der Waals surface area contributed by atoms with E-state index in [4.69, 9.17) is 10.00 Å². The molecular weight excluding hydrogens is 409 g/mol. The summed E-state index contributed by atoms with van der Waals surface area (Å²) in [6, 6.07) is 13.4. The van der Waals surface area contributed by atoms with Crippen LogP contribution in [0, 0.1) is 17.1 Å². The molecule has 0 saturated carbocycles. The number of halogens is 2. The molecule has 1 aliphatic rings. The van der Waals surface area contributed by atoms with Gasteiger partial charge in [-0.25, -0.2) is 9.07 Å². The second-order valence-electron chi connectivity index (χ2n) is 6.59. The van der Waals surface area contributed by atoms with E-state index in [2.05, 4.69) is 15.7 Å². The van der Waals surface area contributed by atoms with Crippen molar-refractivity contribution in [2.45, 2.75) is 6.10 Å². The van der Waals surface area contributed by atoms with Crippen molar-refractivity contribution in [1.29, 1.82) is 5.26 Å². The van der Waals surface area contributed by atoms with E-state index in [1.807, 2.05) is 24.3 Å². The molecule has 154 valence electrons. The number of carbonyl (C=O) groups excluding carboxylic acids is 1. The van der Waals surface area contributed by atoms with Gasteiger partial charge in [-0.1, -0.05) is 12.1 Å². The number of nitriles is 1. The van der Waals surface area contributed by atoms with Gasteiger partial charge in [0.1, 0.15) is 11.9 Å². The van der Waals surface area contributed by atoms with E-state index in [1.165, 1.54) is 29.2 Å². The number of nitrogens with one attached hydrogen (secondary N) is 2. The van der Waals surface area contributed by atoms with E-state index in [-0.39, 0.29) is 30.0 Å². The Morgan fingerprint density at radius 1 is 1.30 bits per heavy atom. The van der Waals surface area contributed by atoms with Crippen LogP contribution in [0.2, 0.25) is 0 Å². The highest BCUT2D eigenvalue weighted by atomic mass is 35.5. The van der Waals surface area contributed by atoms with Gasteiger partial charge >= 0.3 is 0 Å². The molecule has 1 fully saturated rings. The van der Waals surface area contributed by atoms with Crippen LogP contribution in [-0.2, 0) is 4.74 Å². The fourth-order valence-corrected chi connectivity index (χ4v) is 3.08. The molecular formula is C21H19ClFN5O2. The summed E-state index contributed by atoms with van der Waals surface area (Å²) < 4.78 is 20.9. The molecule has 1 atom stereocenters. The fraction of sp³-hybridized carbons (Fsp3) is 0.190. The highest BCUT2D eigenvalue weighted by Gasteiger charge is 2.16. The lowest BCUT2D eigenvalue weighted by molar-refractivity contribution is 0.0277. The lowest BCUT2D eigenvalue weighted by Gasteiger charge is -2.24. The fourth-order valence-electron chi connectivity index (χ4n) is 3.08. The van der Waals surface area contributed by atoms with Crippen LogP contribution in [0.5, 0.6) is 0 Å². The van der Waals surface area contributed by atoms with Crippen molar-refractivity contribution in [2.75, 3.05) is 25.0 Å². The van der Waals surface area contributed by atoms with Gasteiger partial charge in [-0.2, -0.15) is 10.4 Å². The van der Waals surface area contributed by atoms with Crippen molar-refractivity contribution in [3.8, 4) is 11.8 Å². The number of amides is 1. The average Bonchev–Trinajstić information content (AvgIpc) is 3.25. The molecule has 7 nitrogen and oxygen atoms in total. The van der Waals surface area contributed by atoms with Gasteiger partial charge in [-0.15, -0.1) is 12.4 Å². The number of benzene rings is 2. The van der Waals surface area contributed by atoms with E-state index in [0.29, 0.717) is 23.5 Å². The Kier molecular flexibility index (Phi) is 6.79. The molecule has 0 radical (unpaired) electrons. The maximum absolute atomic E-state index is 13.8. The first-order valence-corrected chi connectivity index (χ1v) is 9.12. The van der Waals surface area contributed by atoms with Crippen molar-refractivity contribution in [3.63, 3.8) is 0 Å². The summed E-state index contributed by atoms with van der Waals surface area (Å²) in [5.41, 5.74) is 2.41. The van der Waals surface area contributed by atoms with Crippen LogP contribution < -0.4 is 10.6 Å². The van der Waals surface area contributed by atoms with Crippen molar-refractivity contribution in [3.05, 3.63) is 77.4 Å².